The van der Waals surface area contributed by atoms with Gasteiger partial charge in [-0.25, -0.2) is 13.1 Å². The summed E-state index contributed by atoms with van der Waals surface area (Å²) in [5, 5.41) is 9.68. The molecule has 19 heavy (non-hydrogen) atoms. The lowest BCUT2D eigenvalue weighted by atomic mass is 10.2. The number of carboxylic acid groups (broad SMARTS) is 1. The Balaban J connectivity index is 3.22. The predicted octanol–water partition coefficient (Wildman–Crippen LogP) is 0.387. The summed E-state index contributed by atoms with van der Waals surface area (Å²) in [5.41, 5.74) is -1.22. The normalized spacial score (nSPS) is 12.4. The van der Waals surface area contributed by atoms with Gasteiger partial charge >= 0.3 is 6.18 Å². The molecule has 0 amide bonds. The van der Waals surface area contributed by atoms with Gasteiger partial charge in [0.25, 0.3) is 0 Å². The SMILES string of the molecule is O=C([O-])CNS(=O)(=O)c1cc(C(F)(F)F)ccc1Cl. The zero-order chi connectivity index (χ0) is 14.8. The molecule has 1 aromatic rings. The minimum atomic E-state index is -4.75. The van der Waals surface area contributed by atoms with Gasteiger partial charge in [-0.15, -0.1) is 0 Å². The summed E-state index contributed by atoms with van der Waals surface area (Å²) in [6.45, 7) is -1.07. The number of benzene rings is 1. The molecule has 0 aliphatic rings. The molecule has 10 heteroatoms. The summed E-state index contributed by atoms with van der Waals surface area (Å²) in [6.07, 6.45) is -4.75. The van der Waals surface area contributed by atoms with Crippen LogP contribution in [-0.2, 0) is 21.0 Å². The first-order valence-corrected chi connectivity index (χ1v) is 6.46. The van der Waals surface area contributed by atoms with E-state index in [9.17, 15) is 31.5 Å². The van der Waals surface area contributed by atoms with E-state index in [1.165, 1.54) is 0 Å². The van der Waals surface area contributed by atoms with Crippen LogP contribution < -0.4 is 9.83 Å². The van der Waals surface area contributed by atoms with Gasteiger partial charge in [0.05, 0.1) is 23.1 Å². The van der Waals surface area contributed by atoms with E-state index in [4.69, 9.17) is 11.6 Å². The Morgan fingerprint density at radius 2 is 1.95 bits per heavy atom. The number of carbonyl (C=O) groups excluding carboxylic acids is 1. The summed E-state index contributed by atoms with van der Waals surface area (Å²) in [4.78, 5) is 9.28. The van der Waals surface area contributed by atoms with Crippen LogP contribution in [0.15, 0.2) is 23.1 Å². The van der Waals surface area contributed by atoms with Crippen molar-refractivity contribution >= 4 is 27.6 Å². The summed E-state index contributed by atoms with van der Waals surface area (Å²) in [6, 6.07) is 1.69. The molecule has 0 spiro atoms. The monoisotopic (exact) mass is 316 g/mol. The Morgan fingerprint density at radius 1 is 1.37 bits per heavy atom. The van der Waals surface area contributed by atoms with Crippen molar-refractivity contribution in [2.24, 2.45) is 0 Å². The van der Waals surface area contributed by atoms with Crippen LogP contribution in [0.1, 0.15) is 5.56 Å². The Hall–Kier alpha value is -1.32. The molecule has 0 aliphatic carbocycles. The molecule has 0 aromatic heterocycles. The quantitative estimate of drug-likeness (QED) is 0.870. The van der Waals surface area contributed by atoms with E-state index in [0.717, 1.165) is 6.07 Å². The topological polar surface area (TPSA) is 86.3 Å². The lowest BCUT2D eigenvalue weighted by Crippen LogP contribution is -2.37. The van der Waals surface area contributed by atoms with Gasteiger partial charge < -0.3 is 9.90 Å². The molecule has 0 aliphatic heterocycles. The second-order valence-corrected chi connectivity index (χ2v) is 5.48. The van der Waals surface area contributed by atoms with Crippen LogP contribution in [0.25, 0.3) is 0 Å². The number of rotatable bonds is 4. The van der Waals surface area contributed by atoms with Gasteiger partial charge in [-0.05, 0) is 18.2 Å². The van der Waals surface area contributed by atoms with Gasteiger partial charge in [0.1, 0.15) is 4.90 Å². The third kappa shape index (κ3) is 4.08. The molecular weight excluding hydrogens is 311 g/mol. The third-order valence-electron chi connectivity index (χ3n) is 1.95. The second kappa shape index (κ2) is 5.35. The second-order valence-electron chi connectivity index (χ2n) is 3.34. The Morgan fingerprint density at radius 3 is 2.42 bits per heavy atom. The lowest BCUT2D eigenvalue weighted by Gasteiger charge is -2.12. The minimum absolute atomic E-state index is 0.319. The highest BCUT2D eigenvalue weighted by Crippen LogP contribution is 2.33. The molecule has 0 fully saturated rings. The fourth-order valence-corrected chi connectivity index (χ4v) is 2.61. The maximum absolute atomic E-state index is 12.4. The van der Waals surface area contributed by atoms with E-state index in [2.05, 4.69) is 0 Å². The predicted molar refractivity (Wildman–Crippen MR) is 56.6 cm³/mol. The van der Waals surface area contributed by atoms with Crippen molar-refractivity contribution in [1.82, 2.24) is 4.72 Å². The Labute approximate surface area is 111 Å². The van der Waals surface area contributed by atoms with Crippen LogP contribution in [0.4, 0.5) is 13.2 Å². The van der Waals surface area contributed by atoms with Gasteiger partial charge in [-0.1, -0.05) is 11.6 Å². The smallest absolute Gasteiger partial charge is 0.416 e. The molecular formula is C9H6ClF3NO4S-. The van der Waals surface area contributed by atoms with Gasteiger partial charge in [0.15, 0.2) is 0 Å². The molecule has 0 radical (unpaired) electrons. The summed E-state index contributed by atoms with van der Waals surface area (Å²) < 4.78 is 62.0. The van der Waals surface area contributed by atoms with E-state index in [1.54, 1.807) is 4.72 Å². The maximum atomic E-state index is 12.4. The number of hydrogen-bond donors (Lipinski definition) is 1. The van der Waals surface area contributed by atoms with Gasteiger partial charge in [-0.2, -0.15) is 13.2 Å². The number of nitrogens with one attached hydrogen (secondary N) is 1. The van der Waals surface area contributed by atoms with Crippen molar-refractivity contribution in [2.75, 3.05) is 6.54 Å². The van der Waals surface area contributed by atoms with Gasteiger partial charge in [-0.3, -0.25) is 0 Å². The molecule has 0 heterocycles. The first kappa shape index (κ1) is 15.7. The Kier molecular flexibility index (Phi) is 4.43. The fourth-order valence-electron chi connectivity index (χ4n) is 1.12. The van der Waals surface area contributed by atoms with Crippen molar-refractivity contribution in [2.45, 2.75) is 11.1 Å². The van der Waals surface area contributed by atoms with Crippen molar-refractivity contribution in [3.05, 3.63) is 28.8 Å². The number of halogens is 4. The molecule has 0 saturated carbocycles. The van der Waals surface area contributed by atoms with Crippen LogP contribution in [-0.4, -0.2) is 20.9 Å². The average molecular weight is 317 g/mol. The van der Waals surface area contributed by atoms with E-state index in [-0.39, 0.29) is 0 Å². The zero-order valence-electron chi connectivity index (χ0n) is 8.99. The van der Waals surface area contributed by atoms with Crippen molar-refractivity contribution in [1.29, 1.82) is 0 Å². The molecule has 1 aromatic carbocycles. The van der Waals surface area contributed by atoms with Crippen LogP contribution in [0.2, 0.25) is 5.02 Å². The van der Waals surface area contributed by atoms with Crippen molar-refractivity contribution in [3.63, 3.8) is 0 Å². The molecule has 106 valence electrons. The average Bonchev–Trinajstić information content (AvgIpc) is 2.25. The molecule has 0 unspecified atom stereocenters. The van der Waals surface area contributed by atoms with Crippen molar-refractivity contribution in [3.8, 4) is 0 Å². The minimum Gasteiger partial charge on any atom is -0.549 e. The first-order valence-electron chi connectivity index (χ1n) is 4.60. The van der Waals surface area contributed by atoms with Gasteiger partial charge in [0, 0.05) is 0 Å². The maximum Gasteiger partial charge on any atom is 0.416 e. The van der Waals surface area contributed by atoms with Gasteiger partial charge in [0.2, 0.25) is 10.0 Å². The lowest BCUT2D eigenvalue weighted by molar-refractivity contribution is -0.303. The van der Waals surface area contributed by atoms with E-state index in [0.29, 0.717) is 12.1 Å². The standard InChI is InChI=1S/C9H7ClF3NO4S/c10-6-2-1-5(9(11,12)13)3-7(6)19(17,18)14-4-8(15)16/h1-3,14H,4H2,(H,15,16)/p-1. The highest BCUT2D eigenvalue weighted by molar-refractivity contribution is 7.89. The zero-order valence-corrected chi connectivity index (χ0v) is 10.6. The molecule has 5 nitrogen and oxygen atoms in total. The summed E-state index contributed by atoms with van der Waals surface area (Å²) >= 11 is 5.50. The van der Waals surface area contributed by atoms with Crippen LogP contribution in [0, 0.1) is 0 Å². The van der Waals surface area contributed by atoms with Crippen molar-refractivity contribution < 1.29 is 31.5 Å². The number of alkyl halides is 3. The highest BCUT2D eigenvalue weighted by atomic mass is 35.5. The fraction of sp³-hybridized carbons (Fsp3) is 0.222. The number of hydrogen-bond acceptors (Lipinski definition) is 4. The number of carbonyl (C=O) groups is 1. The summed E-state index contributed by atoms with van der Waals surface area (Å²) in [5.74, 6) is -1.73. The summed E-state index contributed by atoms with van der Waals surface area (Å²) in [7, 11) is -4.47. The molecule has 1 N–H and O–H groups in total. The molecule has 0 bridgehead atoms. The third-order valence-corrected chi connectivity index (χ3v) is 3.84. The first-order chi connectivity index (χ1) is 8.54. The van der Waals surface area contributed by atoms with E-state index < -0.39 is 44.2 Å². The largest absolute Gasteiger partial charge is 0.549 e. The molecule has 1 rings (SSSR count). The number of carboxylic acids is 1. The highest BCUT2D eigenvalue weighted by Gasteiger charge is 2.32. The molecule has 0 atom stereocenters. The Bertz CT molecular complexity index is 600. The number of aliphatic carboxylic acids is 1. The van der Waals surface area contributed by atoms with E-state index in [1.807, 2.05) is 0 Å². The number of sulfonamides is 1. The van der Waals surface area contributed by atoms with E-state index >= 15 is 0 Å². The van der Waals surface area contributed by atoms with Crippen LogP contribution in [0.3, 0.4) is 0 Å². The van der Waals surface area contributed by atoms with Crippen LogP contribution in [0.5, 0.6) is 0 Å². The van der Waals surface area contributed by atoms with Crippen LogP contribution >= 0.6 is 11.6 Å². The molecule has 0 saturated heterocycles.